The van der Waals surface area contributed by atoms with Crippen LogP contribution in [0.4, 0.5) is 18.9 Å². The average molecular weight is 466 g/mol. The molecule has 0 saturated carbocycles. The molecule has 0 spiro atoms. The number of sulfonamides is 1. The molecule has 1 fully saturated rings. The Labute approximate surface area is 173 Å². The van der Waals surface area contributed by atoms with Crippen molar-refractivity contribution in [2.24, 2.45) is 0 Å². The highest BCUT2D eigenvalue weighted by Gasteiger charge is 2.32. The van der Waals surface area contributed by atoms with Crippen LogP contribution in [0.2, 0.25) is 5.02 Å². The van der Waals surface area contributed by atoms with Crippen LogP contribution in [-0.4, -0.2) is 49.9 Å². The van der Waals surface area contributed by atoms with E-state index in [4.69, 9.17) is 16.3 Å². The summed E-state index contributed by atoms with van der Waals surface area (Å²) < 4.78 is 70.4. The van der Waals surface area contributed by atoms with Crippen LogP contribution in [0, 0.1) is 0 Å². The number of H-pyrrole nitrogens is 1. The maximum absolute atomic E-state index is 12.8. The number of hydrogen-bond acceptors (Lipinski definition) is 5. The van der Waals surface area contributed by atoms with E-state index in [9.17, 15) is 31.2 Å². The maximum atomic E-state index is 12.8. The van der Waals surface area contributed by atoms with Gasteiger partial charge in [0.2, 0.25) is 10.0 Å². The number of carbonyl (C=O) groups is 1. The lowest BCUT2D eigenvalue weighted by molar-refractivity contribution is -0.137. The average Bonchev–Trinajstić information content (AvgIpc) is 2.69. The van der Waals surface area contributed by atoms with Gasteiger partial charge in [0, 0.05) is 19.3 Å². The van der Waals surface area contributed by atoms with Gasteiger partial charge >= 0.3 is 6.18 Å². The Hall–Kier alpha value is -2.41. The molecule has 3 rings (SSSR count). The second-order valence-electron chi connectivity index (χ2n) is 6.24. The van der Waals surface area contributed by atoms with Crippen molar-refractivity contribution in [3.63, 3.8) is 0 Å². The fraction of sp³-hybridized carbons (Fsp3) is 0.294. The molecule has 1 amide bonds. The number of amides is 1. The summed E-state index contributed by atoms with van der Waals surface area (Å²) in [7, 11) is -3.94. The summed E-state index contributed by atoms with van der Waals surface area (Å²) in [6, 6.07) is 3.87. The first-order valence-corrected chi connectivity index (χ1v) is 10.3. The molecule has 13 heteroatoms. The minimum atomic E-state index is -4.74. The van der Waals surface area contributed by atoms with E-state index in [1.165, 1.54) is 16.4 Å². The lowest BCUT2D eigenvalue weighted by Crippen LogP contribution is -2.40. The molecule has 1 aromatic carbocycles. The summed E-state index contributed by atoms with van der Waals surface area (Å²) in [5.41, 5.74) is -3.12. The number of aromatic amines is 1. The van der Waals surface area contributed by atoms with Gasteiger partial charge in [-0.05, 0) is 24.3 Å². The number of benzene rings is 1. The SMILES string of the molecule is O=C(Nc1cc(C(F)(F)F)c[nH]c1=O)c1cc(S(=O)(=O)N2CCOCC2)ccc1Cl. The molecule has 2 heterocycles. The van der Waals surface area contributed by atoms with Crippen molar-refractivity contribution < 1.29 is 31.1 Å². The third-order valence-electron chi connectivity index (χ3n) is 4.27. The van der Waals surface area contributed by atoms with Gasteiger partial charge in [0.1, 0.15) is 5.69 Å². The Morgan fingerprint density at radius 1 is 1.20 bits per heavy atom. The van der Waals surface area contributed by atoms with Crippen molar-refractivity contribution in [1.82, 2.24) is 9.29 Å². The largest absolute Gasteiger partial charge is 0.417 e. The highest BCUT2D eigenvalue weighted by molar-refractivity contribution is 7.89. The molecule has 8 nitrogen and oxygen atoms in total. The highest BCUT2D eigenvalue weighted by Crippen LogP contribution is 2.29. The molecule has 1 aliphatic rings. The van der Waals surface area contributed by atoms with Crippen LogP contribution >= 0.6 is 11.6 Å². The fourth-order valence-electron chi connectivity index (χ4n) is 2.70. The number of ether oxygens (including phenoxy) is 1. The van der Waals surface area contributed by atoms with Crippen LogP contribution in [0.5, 0.6) is 0 Å². The van der Waals surface area contributed by atoms with Gasteiger partial charge in [0.05, 0.1) is 34.3 Å². The van der Waals surface area contributed by atoms with E-state index >= 15 is 0 Å². The zero-order valence-electron chi connectivity index (χ0n) is 15.1. The van der Waals surface area contributed by atoms with E-state index in [1.807, 2.05) is 10.3 Å². The van der Waals surface area contributed by atoms with Crippen LogP contribution in [0.25, 0.3) is 0 Å². The number of carbonyl (C=O) groups excluding carboxylic acids is 1. The van der Waals surface area contributed by atoms with Crippen LogP contribution in [0.1, 0.15) is 15.9 Å². The van der Waals surface area contributed by atoms with Crippen molar-refractivity contribution in [3.05, 3.63) is 57.0 Å². The Bertz CT molecular complexity index is 1130. The molecule has 1 aromatic heterocycles. The topological polar surface area (TPSA) is 109 Å². The minimum absolute atomic E-state index is 0.131. The number of rotatable bonds is 4. The summed E-state index contributed by atoms with van der Waals surface area (Å²) in [6.45, 7) is 0.704. The van der Waals surface area contributed by atoms with Gasteiger partial charge in [-0.15, -0.1) is 0 Å². The number of morpholine rings is 1. The monoisotopic (exact) mass is 465 g/mol. The van der Waals surface area contributed by atoms with Crippen molar-refractivity contribution >= 4 is 33.2 Å². The fourth-order valence-corrected chi connectivity index (χ4v) is 4.34. The van der Waals surface area contributed by atoms with Gasteiger partial charge < -0.3 is 15.0 Å². The predicted octanol–water partition coefficient (Wildman–Crippen LogP) is 2.32. The van der Waals surface area contributed by atoms with Crippen LogP contribution in [0.3, 0.4) is 0 Å². The van der Waals surface area contributed by atoms with Crippen molar-refractivity contribution in [2.75, 3.05) is 31.6 Å². The first-order chi connectivity index (χ1) is 14.0. The number of alkyl halides is 3. The zero-order chi connectivity index (χ0) is 22.1. The predicted molar refractivity (Wildman–Crippen MR) is 101 cm³/mol. The number of halogens is 4. The third kappa shape index (κ3) is 4.67. The van der Waals surface area contributed by atoms with Gasteiger partial charge in [0.25, 0.3) is 11.5 Å². The van der Waals surface area contributed by atoms with Gasteiger partial charge in [-0.2, -0.15) is 17.5 Å². The molecule has 2 N–H and O–H groups in total. The Morgan fingerprint density at radius 2 is 1.87 bits per heavy atom. The summed E-state index contributed by atoms with van der Waals surface area (Å²) in [6.07, 6.45) is -4.27. The second kappa shape index (κ2) is 8.38. The molecule has 2 aromatic rings. The first-order valence-electron chi connectivity index (χ1n) is 8.49. The molecule has 1 aliphatic heterocycles. The summed E-state index contributed by atoms with van der Waals surface area (Å²) in [5, 5.41) is 1.90. The summed E-state index contributed by atoms with van der Waals surface area (Å²) in [5.74, 6) is -1.04. The molecular formula is C17H15ClF3N3O5S. The summed E-state index contributed by atoms with van der Waals surface area (Å²) >= 11 is 5.98. The standard InChI is InChI=1S/C17H15ClF3N3O5S/c18-13-2-1-11(30(27,28)24-3-5-29-6-4-24)8-12(13)15(25)23-14-7-10(17(19,20)21)9-22-16(14)26/h1-2,7-9H,3-6H2,(H,22,26)(H,23,25). The zero-order valence-corrected chi connectivity index (χ0v) is 16.7. The van der Waals surface area contributed by atoms with Crippen molar-refractivity contribution in [1.29, 1.82) is 0 Å². The number of anilines is 1. The Kier molecular flexibility index (Phi) is 6.22. The Balaban J connectivity index is 1.92. The molecule has 30 heavy (non-hydrogen) atoms. The van der Waals surface area contributed by atoms with E-state index < -0.39 is 38.9 Å². The first kappa shape index (κ1) is 22.3. The molecule has 0 radical (unpaired) electrons. The van der Waals surface area contributed by atoms with Crippen LogP contribution in [0.15, 0.2) is 40.2 Å². The van der Waals surface area contributed by atoms with E-state index in [0.29, 0.717) is 12.3 Å². The molecular weight excluding hydrogens is 451 g/mol. The normalized spacial score (nSPS) is 15.7. The second-order valence-corrected chi connectivity index (χ2v) is 8.59. The van der Waals surface area contributed by atoms with Crippen molar-refractivity contribution in [2.45, 2.75) is 11.1 Å². The molecule has 0 bridgehead atoms. The number of nitrogens with one attached hydrogen (secondary N) is 2. The third-order valence-corrected chi connectivity index (χ3v) is 6.49. The molecule has 1 saturated heterocycles. The van der Waals surface area contributed by atoms with Gasteiger partial charge in [-0.1, -0.05) is 11.6 Å². The quantitative estimate of drug-likeness (QED) is 0.720. The molecule has 0 aliphatic carbocycles. The highest BCUT2D eigenvalue weighted by atomic mass is 35.5. The van der Waals surface area contributed by atoms with E-state index in [0.717, 1.165) is 6.07 Å². The molecule has 0 unspecified atom stereocenters. The van der Waals surface area contributed by atoms with Gasteiger partial charge in [0.15, 0.2) is 0 Å². The van der Waals surface area contributed by atoms with E-state index in [2.05, 4.69) is 0 Å². The number of pyridine rings is 1. The van der Waals surface area contributed by atoms with Gasteiger partial charge in [-0.25, -0.2) is 8.42 Å². The maximum Gasteiger partial charge on any atom is 0.417 e. The Morgan fingerprint density at radius 3 is 2.50 bits per heavy atom. The van der Waals surface area contributed by atoms with Gasteiger partial charge in [-0.3, -0.25) is 9.59 Å². The van der Waals surface area contributed by atoms with Crippen LogP contribution < -0.4 is 10.9 Å². The number of aromatic nitrogens is 1. The lowest BCUT2D eigenvalue weighted by Gasteiger charge is -2.26. The lowest BCUT2D eigenvalue weighted by atomic mass is 10.2. The van der Waals surface area contributed by atoms with Crippen molar-refractivity contribution in [3.8, 4) is 0 Å². The van der Waals surface area contributed by atoms with Crippen LogP contribution in [-0.2, 0) is 20.9 Å². The summed E-state index contributed by atoms with van der Waals surface area (Å²) in [4.78, 5) is 26.0. The minimum Gasteiger partial charge on any atom is -0.379 e. The van der Waals surface area contributed by atoms with E-state index in [-0.39, 0.29) is 41.8 Å². The molecule has 162 valence electrons. The van der Waals surface area contributed by atoms with E-state index in [1.54, 1.807) is 0 Å². The smallest absolute Gasteiger partial charge is 0.379 e. The molecule has 0 atom stereocenters. The number of nitrogens with zero attached hydrogens (tertiary/aromatic N) is 1. The number of hydrogen-bond donors (Lipinski definition) is 2.